The summed E-state index contributed by atoms with van der Waals surface area (Å²) in [4.78, 5) is 12.1. The van der Waals surface area contributed by atoms with Gasteiger partial charge in [0.1, 0.15) is 6.04 Å². The molecule has 0 saturated carbocycles. The molecule has 3 nitrogen and oxygen atoms in total. The van der Waals surface area contributed by atoms with E-state index in [0.717, 1.165) is 32.2 Å². The molecular weight excluding hydrogens is 238 g/mol. The molecule has 0 aromatic carbocycles. The fourth-order valence-electron chi connectivity index (χ4n) is 2.74. The van der Waals surface area contributed by atoms with E-state index in [1.807, 2.05) is 6.92 Å². The second-order valence-corrected chi connectivity index (χ2v) is 5.90. The van der Waals surface area contributed by atoms with Crippen LogP contribution in [-0.4, -0.2) is 24.7 Å². The third kappa shape index (κ3) is 6.42. The minimum absolute atomic E-state index is 0.0406. The molecule has 3 unspecified atom stereocenters. The fraction of sp³-hybridized carbons (Fsp3) is 0.938. The van der Waals surface area contributed by atoms with Gasteiger partial charge in [0.25, 0.3) is 0 Å². The lowest BCUT2D eigenvalue weighted by Gasteiger charge is -2.29. The molecule has 0 spiro atoms. The molecule has 0 aromatic heterocycles. The van der Waals surface area contributed by atoms with Gasteiger partial charge in [-0.1, -0.05) is 39.5 Å². The third-order valence-electron chi connectivity index (χ3n) is 4.16. The number of hydrogen-bond acceptors (Lipinski definition) is 3. The number of hydrogen-bond donors (Lipinski definition) is 1. The molecule has 0 aromatic rings. The summed E-state index contributed by atoms with van der Waals surface area (Å²) in [6.45, 7) is 7.38. The van der Waals surface area contributed by atoms with Gasteiger partial charge in [0.15, 0.2) is 0 Å². The van der Waals surface area contributed by atoms with E-state index >= 15 is 0 Å². The van der Waals surface area contributed by atoms with Crippen LogP contribution in [-0.2, 0) is 9.53 Å². The van der Waals surface area contributed by atoms with E-state index in [0.29, 0.717) is 5.92 Å². The molecule has 1 fully saturated rings. The summed E-state index contributed by atoms with van der Waals surface area (Å²) < 4.78 is 5.56. The summed E-state index contributed by atoms with van der Waals surface area (Å²) in [5.41, 5.74) is 0. The molecular formula is C16H31NO2. The van der Waals surface area contributed by atoms with Gasteiger partial charge in [0.2, 0.25) is 0 Å². The van der Waals surface area contributed by atoms with Gasteiger partial charge in [-0.05, 0) is 45.1 Å². The van der Waals surface area contributed by atoms with Gasteiger partial charge in [0.05, 0.1) is 6.10 Å². The van der Waals surface area contributed by atoms with Gasteiger partial charge < -0.3 is 10.1 Å². The molecule has 1 heterocycles. The number of piperidine rings is 1. The lowest BCUT2D eigenvalue weighted by Crippen LogP contribution is -2.45. The van der Waals surface area contributed by atoms with E-state index in [1.165, 1.54) is 25.7 Å². The molecule has 1 rings (SSSR count). The first-order valence-electron chi connectivity index (χ1n) is 8.11. The Balaban J connectivity index is 2.21. The maximum Gasteiger partial charge on any atom is 0.323 e. The minimum atomic E-state index is -0.0724. The van der Waals surface area contributed by atoms with Crippen molar-refractivity contribution < 1.29 is 9.53 Å². The zero-order valence-electron chi connectivity index (χ0n) is 12.9. The summed E-state index contributed by atoms with van der Waals surface area (Å²) >= 11 is 0. The maximum absolute atomic E-state index is 12.1. The van der Waals surface area contributed by atoms with Crippen LogP contribution in [0, 0.1) is 5.92 Å². The Labute approximate surface area is 118 Å². The molecule has 112 valence electrons. The van der Waals surface area contributed by atoms with E-state index in [1.54, 1.807) is 0 Å². The normalized spacial score (nSPS) is 25.0. The van der Waals surface area contributed by atoms with Crippen molar-refractivity contribution in [2.75, 3.05) is 6.54 Å². The molecule has 1 N–H and O–H groups in total. The quantitative estimate of drug-likeness (QED) is 0.540. The molecule has 3 heteroatoms. The average Bonchev–Trinajstić information content (AvgIpc) is 2.43. The molecule has 0 radical (unpaired) electrons. The molecule has 1 aliphatic rings. The summed E-state index contributed by atoms with van der Waals surface area (Å²) in [5.74, 6) is 0.639. The van der Waals surface area contributed by atoms with E-state index in [9.17, 15) is 4.79 Å². The summed E-state index contributed by atoms with van der Waals surface area (Å²) in [7, 11) is 0. The number of rotatable bonds is 8. The Morgan fingerprint density at radius 3 is 2.79 bits per heavy atom. The number of ether oxygens (including phenoxy) is 1. The van der Waals surface area contributed by atoms with E-state index in [-0.39, 0.29) is 18.1 Å². The largest absolute Gasteiger partial charge is 0.462 e. The standard InChI is InChI=1S/C16H31NO2/c1-4-6-7-8-9-13(3)19-16(18)15-12-14(5-2)10-11-17-15/h13-15,17H,4-12H2,1-3H3. The predicted molar refractivity (Wildman–Crippen MR) is 79.1 cm³/mol. The van der Waals surface area contributed by atoms with Crippen LogP contribution in [0.1, 0.15) is 72.1 Å². The number of carbonyl (C=O) groups excluding carboxylic acids is 1. The lowest BCUT2D eigenvalue weighted by molar-refractivity contribution is -0.152. The second-order valence-electron chi connectivity index (χ2n) is 5.90. The van der Waals surface area contributed by atoms with Gasteiger partial charge in [-0.25, -0.2) is 0 Å². The zero-order chi connectivity index (χ0) is 14.1. The first-order chi connectivity index (χ1) is 9.17. The Morgan fingerprint density at radius 1 is 1.32 bits per heavy atom. The third-order valence-corrected chi connectivity index (χ3v) is 4.16. The SMILES string of the molecule is CCCCCCC(C)OC(=O)C1CC(CC)CCN1. The molecule has 19 heavy (non-hydrogen) atoms. The van der Waals surface area contributed by atoms with Crippen LogP contribution in [0.4, 0.5) is 0 Å². The Hall–Kier alpha value is -0.570. The second kappa shape index (κ2) is 9.35. The van der Waals surface area contributed by atoms with Crippen molar-refractivity contribution in [3.05, 3.63) is 0 Å². The maximum atomic E-state index is 12.1. The summed E-state index contributed by atoms with van der Waals surface area (Å²) in [6, 6.07) is -0.0724. The highest BCUT2D eigenvalue weighted by atomic mass is 16.5. The van der Waals surface area contributed by atoms with Crippen molar-refractivity contribution >= 4 is 5.97 Å². The van der Waals surface area contributed by atoms with Crippen molar-refractivity contribution in [2.24, 2.45) is 5.92 Å². The van der Waals surface area contributed by atoms with Crippen molar-refractivity contribution in [1.29, 1.82) is 0 Å². The predicted octanol–water partition coefficient (Wildman–Crippen LogP) is 3.67. The summed E-state index contributed by atoms with van der Waals surface area (Å²) in [6.07, 6.45) is 9.30. The number of carbonyl (C=O) groups is 1. The topological polar surface area (TPSA) is 38.3 Å². The fourth-order valence-corrected chi connectivity index (χ4v) is 2.74. The zero-order valence-corrected chi connectivity index (χ0v) is 12.9. The van der Waals surface area contributed by atoms with Crippen LogP contribution in [0.15, 0.2) is 0 Å². The highest BCUT2D eigenvalue weighted by Gasteiger charge is 2.27. The van der Waals surface area contributed by atoms with Gasteiger partial charge in [-0.2, -0.15) is 0 Å². The van der Waals surface area contributed by atoms with E-state index < -0.39 is 0 Å². The smallest absolute Gasteiger partial charge is 0.323 e. The van der Waals surface area contributed by atoms with Crippen LogP contribution in [0.2, 0.25) is 0 Å². The highest BCUT2D eigenvalue weighted by Crippen LogP contribution is 2.20. The molecule has 0 bridgehead atoms. The van der Waals surface area contributed by atoms with Crippen molar-refractivity contribution in [2.45, 2.75) is 84.3 Å². The Bertz CT molecular complexity index is 255. The molecule has 3 atom stereocenters. The first-order valence-corrected chi connectivity index (χ1v) is 8.11. The summed E-state index contributed by atoms with van der Waals surface area (Å²) in [5, 5.41) is 3.29. The van der Waals surface area contributed by atoms with Crippen molar-refractivity contribution in [3.8, 4) is 0 Å². The lowest BCUT2D eigenvalue weighted by atomic mass is 9.90. The van der Waals surface area contributed by atoms with Gasteiger partial charge in [-0.15, -0.1) is 0 Å². The first kappa shape index (κ1) is 16.5. The van der Waals surface area contributed by atoms with Crippen molar-refractivity contribution in [1.82, 2.24) is 5.32 Å². The Kier molecular flexibility index (Phi) is 8.11. The van der Waals surface area contributed by atoms with Crippen LogP contribution in [0.3, 0.4) is 0 Å². The van der Waals surface area contributed by atoms with Gasteiger partial charge in [-0.3, -0.25) is 4.79 Å². The Morgan fingerprint density at radius 2 is 2.11 bits per heavy atom. The van der Waals surface area contributed by atoms with Crippen LogP contribution in [0.25, 0.3) is 0 Å². The number of unbranched alkanes of at least 4 members (excludes halogenated alkanes) is 3. The molecule has 1 saturated heterocycles. The number of nitrogens with one attached hydrogen (secondary N) is 1. The monoisotopic (exact) mass is 269 g/mol. The van der Waals surface area contributed by atoms with E-state index in [4.69, 9.17) is 4.74 Å². The van der Waals surface area contributed by atoms with Gasteiger partial charge >= 0.3 is 5.97 Å². The van der Waals surface area contributed by atoms with Crippen LogP contribution >= 0.6 is 0 Å². The molecule has 1 aliphatic heterocycles. The molecule has 0 amide bonds. The van der Waals surface area contributed by atoms with E-state index in [2.05, 4.69) is 19.2 Å². The highest BCUT2D eigenvalue weighted by molar-refractivity contribution is 5.76. The number of esters is 1. The molecule has 0 aliphatic carbocycles. The minimum Gasteiger partial charge on any atom is -0.462 e. The van der Waals surface area contributed by atoms with Crippen LogP contribution in [0.5, 0.6) is 0 Å². The van der Waals surface area contributed by atoms with Gasteiger partial charge in [0, 0.05) is 0 Å². The van der Waals surface area contributed by atoms with Crippen LogP contribution < -0.4 is 5.32 Å². The van der Waals surface area contributed by atoms with Crippen molar-refractivity contribution in [3.63, 3.8) is 0 Å². The average molecular weight is 269 g/mol.